The second kappa shape index (κ2) is 8.76. The van der Waals surface area contributed by atoms with Gasteiger partial charge in [-0.15, -0.1) is 0 Å². The highest BCUT2D eigenvalue weighted by Crippen LogP contribution is 2.28. The second-order valence-electron chi connectivity index (χ2n) is 6.35. The molecule has 6 heteroatoms. The lowest BCUT2D eigenvalue weighted by Gasteiger charge is -2.28. The maximum absolute atomic E-state index is 12.6. The Morgan fingerprint density at radius 3 is 2.65 bits per heavy atom. The monoisotopic (exact) mass is 392 g/mol. The molecule has 138 valence electrons. The first-order chi connectivity index (χ1) is 12.6. The summed E-state index contributed by atoms with van der Waals surface area (Å²) < 4.78 is 5.35. The number of nitrogens with zero attached hydrogens (tertiary/aromatic N) is 1. The van der Waals surface area contributed by atoms with Crippen LogP contribution in [0.25, 0.3) is 0 Å². The molecule has 26 heavy (non-hydrogen) atoms. The number of amides is 1. The molecule has 0 spiro atoms. The second-order valence-corrected chi connectivity index (χ2v) is 7.13. The van der Waals surface area contributed by atoms with E-state index >= 15 is 0 Å². The van der Waals surface area contributed by atoms with Crippen LogP contribution < -0.4 is 10.1 Å². The Labute approximate surface area is 164 Å². The number of methoxy groups -OCH3 is 1. The molecule has 0 bridgehead atoms. The minimum absolute atomic E-state index is 0.0921. The van der Waals surface area contributed by atoms with Gasteiger partial charge >= 0.3 is 0 Å². The first-order valence-corrected chi connectivity index (χ1v) is 9.46. The van der Waals surface area contributed by atoms with Gasteiger partial charge in [-0.05, 0) is 55.8 Å². The molecule has 1 fully saturated rings. The number of hydrogen-bond donors (Lipinski definition) is 1. The fourth-order valence-corrected chi connectivity index (χ4v) is 3.71. The van der Waals surface area contributed by atoms with Crippen LogP contribution in [0.4, 0.5) is 0 Å². The molecule has 3 rings (SSSR count). The number of halogens is 2. The molecular formula is C20H22Cl2N2O2. The van der Waals surface area contributed by atoms with Gasteiger partial charge in [-0.3, -0.25) is 9.69 Å². The highest BCUT2D eigenvalue weighted by Gasteiger charge is 2.25. The molecule has 1 aliphatic rings. The van der Waals surface area contributed by atoms with Gasteiger partial charge in [0.25, 0.3) is 5.91 Å². The summed E-state index contributed by atoms with van der Waals surface area (Å²) in [5.41, 5.74) is 1.52. The van der Waals surface area contributed by atoms with Gasteiger partial charge in [0.1, 0.15) is 5.75 Å². The largest absolute Gasteiger partial charge is 0.497 e. The molecule has 2 aromatic rings. The molecule has 0 radical (unpaired) electrons. The van der Waals surface area contributed by atoms with E-state index in [-0.39, 0.29) is 17.0 Å². The van der Waals surface area contributed by atoms with Crippen LogP contribution in [0.2, 0.25) is 10.0 Å². The van der Waals surface area contributed by atoms with Gasteiger partial charge in [-0.25, -0.2) is 0 Å². The quantitative estimate of drug-likeness (QED) is 0.782. The van der Waals surface area contributed by atoms with Crippen LogP contribution in [-0.2, 0) is 0 Å². The van der Waals surface area contributed by atoms with Crippen molar-refractivity contribution < 1.29 is 9.53 Å². The number of benzene rings is 2. The SMILES string of the molecule is COc1cccc(C(CNC(=O)c2cccc(Cl)c2Cl)N2CCCC2)c1. The van der Waals surface area contributed by atoms with Crippen LogP contribution in [-0.4, -0.2) is 37.6 Å². The Kier molecular flexibility index (Phi) is 6.41. The van der Waals surface area contributed by atoms with Crippen molar-refractivity contribution in [2.24, 2.45) is 0 Å². The van der Waals surface area contributed by atoms with Gasteiger partial charge in [0.15, 0.2) is 0 Å². The minimum Gasteiger partial charge on any atom is -0.497 e. The van der Waals surface area contributed by atoms with Gasteiger partial charge in [0.2, 0.25) is 0 Å². The number of carbonyl (C=O) groups excluding carboxylic acids is 1. The first-order valence-electron chi connectivity index (χ1n) is 8.70. The number of nitrogens with one attached hydrogen (secondary N) is 1. The van der Waals surface area contributed by atoms with E-state index in [1.807, 2.05) is 18.2 Å². The van der Waals surface area contributed by atoms with Crippen LogP contribution in [0.5, 0.6) is 5.75 Å². The molecule has 0 aromatic heterocycles. The Morgan fingerprint density at radius 2 is 1.92 bits per heavy atom. The van der Waals surface area contributed by atoms with Crippen LogP contribution >= 0.6 is 23.2 Å². The lowest BCUT2D eigenvalue weighted by atomic mass is 10.0. The molecule has 1 amide bonds. The van der Waals surface area contributed by atoms with Gasteiger partial charge in [-0.1, -0.05) is 41.4 Å². The van der Waals surface area contributed by atoms with E-state index < -0.39 is 0 Å². The standard InChI is InChI=1S/C20H22Cl2N2O2/c1-26-15-7-4-6-14(12-15)18(24-10-2-3-11-24)13-23-20(25)16-8-5-9-17(21)19(16)22/h4-9,12,18H,2-3,10-11,13H2,1H3,(H,23,25). The zero-order chi connectivity index (χ0) is 18.5. The molecule has 1 atom stereocenters. The number of ether oxygens (including phenoxy) is 1. The Balaban J connectivity index is 1.77. The summed E-state index contributed by atoms with van der Waals surface area (Å²) in [5.74, 6) is 0.598. The van der Waals surface area contributed by atoms with Crippen molar-refractivity contribution in [1.82, 2.24) is 10.2 Å². The van der Waals surface area contributed by atoms with E-state index in [0.29, 0.717) is 17.1 Å². The predicted molar refractivity (Wildman–Crippen MR) is 105 cm³/mol. The average molecular weight is 393 g/mol. The van der Waals surface area contributed by atoms with Crippen molar-refractivity contribution in [2.45, 2.75) is 18.9 Å². The lowest BCUT2D eigenvalue weighted by Crippen LogP contribution is -2.36. The van der Waals surface area contributed by atoms with Crippen molar-refractivity contribution in [3.8, 4) is 5.75 Å². The van der Waals surface area contributed by atoms with Gasteiger partial charge < -0.3 is 10.1 Å². The number of likely N-dealkylation sites (tertiary alicyclic amines) is 1. The number of hydrogen-bond acceptors (Lipinski definition) is 3. The number of rotatable bonds is 6. The maximum Gasteiger partial charge on any atom is 0.252 e. The summed E-state index contributed by atoms with van der Waals surface area (Å²) in [6.07, 6.45) is 2.35. The van der Waals surface area contributed by atoms with Gasteiger partial charge in [0, 0.05) is 6.54 Å². The predicted octanol–water partition coefficient (Wildman–Crippen LogP) is 4.57. The summed E-state index contributed by atoms with van der Waals surface area (Å²) in [6.45, 7) is 2.54. The van der Waals surface area contributed by atoms with Crippen LogP contribution in [0.3, 0.4) is 0 Å². The fraction of sp³-hybridized carbons (Fsp3) is 0.350. The Hall–Kier alpha value is -1.75. The smallest absolute Gasteiger partial charge is 0.252 e. The van der Waals surface area contributed by atoms with Crippen molar-refractivity contribution in [3.05, 3.63) is 63.6 Å². The lowest BCUT2D eigenvalue weighted by molar-refractivity contribution is 0.0938. The van der Waals surface area contributed by atoms with Crippen molar-refractivity contribution in [1.29, 1.82) is 0 Å². The third-order valence-corrected chi connectivity index (χ3v) is 5.53. The molecule has 1 aliphatic heterocycles. The zero-order valence-corrected chi connectivity index (χ0v) is 16.2. The molecule has 4 nitrogen and oxygen atoms in total. The third kappa shape index (κ3) is 4.32. The fourth-order valence-electron chi connectivity index (χ4n) is 3.32. The van der Waals surface area contributed by atoms with E-state index in [4.69, 9.17) is 27.9 Å². The molecular weight excluding hydrogens is 371 g/mol. The highest BCUT2D eigenvalue weighted by molar-refractivity contribution is 6.43. The van der Waals surface area contributed by atoms with Crippen LogP contribution in [0.1, 0.15) is 34.8 Å². The van der Waals surface area contributed by atoms with Gasteiger partial charge in [0.05, 0.1) is 28.8 Å². The van der Waals surface area contributed by atoms with Crippen molar-refractivity contribution in [2.75, 3.05) is 26.7 Å². The Morgan fingerprint density at radius 1 is 1.19 bits per heavy atom. The van der Waals surface area contributed by atoms with Crippen molar-refractivity contribution >= 4 is 29.1 Å². The van der Waals surface area contributed by atoms with E-state index in [0.717, 1.165) is 24.4 Å². The molecule has 0 saturated carbocycles. The van der Waals surface area contributed by atoms with Crippen LogP contribution in [0, 0.1) is 0 Å². The average Bonchev–Trinajstić information content (AvgIpc) is 3.18. The van der Waals surface area contributed by atoms with E-state index in [9.17, 15) is 4.79 Å². The summed E-state index contributed by atoms with van der Waals surface area (Å²) in [7, 11) is 1.66. The highest BCUT2D eigenvalue weighted by atomic mass is 35.5. The van der Waals surface area contributed by atoms with E-state index in [1.54, 1.807) is 25.3 Å². The Bertz CT molecular complexity index is 776. The molecule has 1 heterocycles. The third-order valence-electron chi connectivity index (χ3n) is 4.71. The molecule has 0 aliphatic carbocycles. The normalized spacial score (nSPS) is 15.7. The van der Waals surface area contributed by atoms with Crippen LogP contribution in [0.15, 0.2) is 42.5 Å². The molecule has 1 N–H and O–H groups in total. The van der Waals surface area contributed by atoms with E-state index in [1.165, 1.54) is 12.8 Å². The first kappa shape index (κ1) is 19.0. The maximum atomic E-state index is 12.6. The van der Waals surface area contributed by atoms with Crippen molar-refractivity contribution in [3.63, 3.8) is 0 Å². The van der Waals surface area contributed by atoms with Gasteiger partial charge in [-0.2, -0.15) is 0 Å². The molecule has 2 aromatic carbocycles. The summed E-state index contributed by atoms with van der Waals surface area (Å²) in [4.78, 5) is 15.0. The van der Waals surface area contributed by atoms with E-state index in [2.05, 4.69) is 16.3 Å². The summed E-state index contributed by atoms with van der Waals surface area (Å²) >= 11 is 12.2. The zero-order valence-electron chi connectivity index (χ0n) is 14.7. The minimum atomic E-state index is -0.218. The molecule has 1 saturated heterocycles. The topological polar surface area (TPSA) is 41.6 Å². The number of carbonyl (C=O) groups is 1. The summed E-state index contributed by atoms with van der Waals surface area (Å²) in [6, 6.07) is 13.2. The summed E-state index contributed by atoms with van der Waals surface area (Å²) in [5, 5.41) is 3.68. The molecule has 1 unspecified atom stereocenters.